The lowest BCUT2D eigenvalue weighted by molar-refractivity contribution is 0.103. The van der Waals surface area contributed by atoms with Crippen molar-refractivity contribution < 1.29 is 17.9 Å². The van der Waals surface area contributed by atoms with Crippen LogP contribution in [0, 0.1) is 0 Å². The van der Waals surface area contributed by atoms with E-state index in [2.05, 4.69) is 10.2 Å². The van der Waals surface area contributed by atoms with E-state index < -0.39 is 9.84 Å². The lowest BCUT2D eigenvalue weighted by Crippen LogP contribution is -2.35. The van der Waals surface area contributed by atoms with Gasteiger partial charge in [0, 0.05) is 24.9 Å². The van der Waals surface area contributed by atoms with Gasteiger partial charge in [-0.25, -0.2) is 8.42 Å². The van der Waals surface area contributed by atoms with Gasteiger partial charge in [0.25, 0.3) is 5.91 Å². The number of amides is 1. The Balaban J connectivity index is 1.70. The highest BCUT2D eigenvalue weighted by atomic mass is 32.2. The van der Waals surface area contributed by atoms with Crippen molar-refractivity contribution in [2.75, 3.05) is 42.8 Å². The van der Waals surface area contributed by atoms with E-state index in [0.29, 0.717) is 18.1 Å². The topological polar surface area (TPSA) is 75.7 Å². The third-order valence-electron chi connectivity index (χ3n) is 4.85. The molecule has 4 rings (SSSR count). The number of nitrogens with one attached hydrogen (secondary N) is 1. The summed E-state index contributed by atoms with van der Waals surface area (Å²) >= 11 is 1.41. The van der Waals surface area contributed by atoms with Crippen molar-refractivity contribution in [2.45, 2.75) is 4.90 Å². The Labute approximate surface area is 180 Å². The molecule has 1 aliphatic heterocycles. The van der Waals surface area contributed by atoms with E-state index in [9.17, 15) is 13.2 Å². The van der Waals surface area contributed by atoms with Crippen LogP contribution >= 0.6 is 11.3 Å². The van der Waals surface area contributed by atoms with Gasteiger partial charge in [0.2, 0.25) is 0 Å². The van der Waals surface area contributed by atoms with Crippen molar-refractivity contribution in [3.8, 4) is 11.1 Å². The third-order valence-corrected chi connectivity index (χ3v) is 7.20. The van der Waals surface area contributed by atoms with Gasteiger partial charge in [-0.2, -0.15) is 0 Å². The number of sulfone groups is 1. The predicted octanol–water partition coefficient (Wildman–Crippen LogP) is 3.91. The Bertz CT molecular complexity index is 1150. The second-order valence-corrected chi connectivity index (χ2v) is 10.0. The summed E-state index contributed by atoms with van der Waals surface area (Å²) in [5.74, 6) is -0.326. The molecular weight excluding hydrogens is 420 g/mol. The molecule has 8 heteroatoms. The van der Waals surface area contributed by atoms with E-state index in [1.807, 2.05) is 36.4 Å². The van der Waals surface area contributed by atoms with Gasteiger partial charge in [-0.15, -0.1) is 11.3 Å². The van der Waals surface area contributed by atoms with E-state index in [0.717, 1.165) is 35.5 Å². The van der Waals surface area contributed by atoms with Crippen LogP contribution in [0.25, 0.3) is 11.1 Å². The predicted molar refractivity (Wildman–Crippen MR) is 120 cm³/mol. The SMILES string of the molecule is CS(=O)(=O)c1ccccc1NC(=O)c1cc(-c2ccccc2)c(N2CCOCC2)s1. The maximum Gasteiger partial charge on any atom is 0.265 e. The average Bonchev–Trinajstić information content (AvgIpc) is 3.20. The quantitative estimate of drug-likeness (QED) is 0.648. The molecule has 6 nitrogen and oxygen atoms in total. The summed E-state index contributed by atoms with van der Waals surface area (Å²) in [4.78, 5) is 15.9. The van der Waals surface area contributed by atoms with Crippen LogP contribution in [0.1, 0.15) is 9.67 Å². The number of para-hydroxylation sites is 1. The van der Waals surface area contributed by atoms with Gasteiger partial charge in [0.15, 0.2) is 9.84 Å². The highest BCUT2D eigenvalue weighted by Gasteiger charge is 2.23. The summed E-state index contributed by atoms with van der Waals surface area (Å²) in [5, 5.41) is 3.80. The Kier molecular flexibility index (Phi) is 5.90. The number of benzene rings is 2. The van der Waals surface area contributed by atoms with E-state index in [1.54, 1.807) is 18.2 Å². The Morgan fingerprint density at radius 3 is 2.40 bits per heavy atom. The maximum atomic E-state index is 13.0. The molecule has 2 aromatic carbocycles. The molecule has 1 amide bonds. The van der Waals surface area contributed by atoms with Gasteiger partial charge in [-0.3, -0.25) is 4.79 Å². The second kappa shape index (κ2) is 8.59. The van der Waals surface area contributed by atoms with Crippen LogP contribution in [-0.2, 0) is 14.6 Å². The molecule has 156 valence electrons. The van der Waals surface area contributed by atoms with E-state index in [-0.39, 0.29) is 16.5 Å². The molecule has 0 spiro atoms. The van der Waals surface area contributed by atoms with E-state index >= 15 is 0 Å². The lowest BCUT2D eigenvalue weighted by atomic mass is 10.1. The molecule has 0 unspecified atom stereocenters. The van der Waals surface area contributed by atoms with Gasteiger partial charge in [-0.05, 0) is 23.8 Å². The number of thiophene rings is 1. The second-order valence-electron chi connectivity index (χ2n) is 7.02. The summed E-state index contributed by atoms with van der Waals surface area (Å²) in [5.41, 5.74) is 2.31. The molecule has 2 heterocycles. The van der Waals surface area contributed by atoms with Crippen molar-refractivity contribution in [1.29, 1.82) is 0 Å². The fraction of sp³-hybridized carbons (Fsp3) is 0.227. The molecule has 1 aromatic heterocycles. The molecule has 1 aliphatic rings. The maximum absolute atomic E-state index is 13.0. The van der Waals surface area contributed by atoms with Crippen molar-refractivity contribution >= 4 is 37.8 Å². The monoisotopic (exact) mass is 442 g/mol. The molecule has 0 radical (unpaired) electrons. The third kappa shape index (κ3) is 4.40. The highest BCUT2D eigenvalue weighted by molar-refractivity contribution is 7.90. The van der Waals surface area contributed by atoms with Crippen molar-refractivity contribution in [1.82, 2.24) is 0 Å². The first-order chi connectivity index (χ1) is 14.4. The fourth-order valence-electron chi connectivity index (χ4n) is 3.40. The van der Waals surface area contributed by atoms with Crippen LogP contribution in [0.4, 0.5) is 10.7 Å². The Morgan fingerprint density at radius 2 is 1.70 bits per heavy atom. The number of nitrogens with zero attached hydrogens (tertiary/aromatic N) is 1. The standard InChI is InChI=1S/C22H22N2O4S2/c1-30(26,27)20-10-6-5-9-18(20)23-21(25)19-15-17(16-7-3-2-4-8-16)22(29-19)24-11-13-28-14-12-24/h2-10,15H,11-14H2,1H3,(H,23,25). The van der Waals surface area contributed by atoms with Gasteiger partial charge in [0.05, 0.1) is 33.7 Å². The first kappa shape index (κ1) is 20.6. The van der Waals surface area contributed by atoms with Gasteiger partial charge in [-0.1, -0.05) is 42.5 Å². The summed E-state index contributed by atoms with van der Waals surface area (Å²) in [7, 11) is -3.46. The number of morpholine rings is 1. The minimum atomic E-state index is -3.46. The van der Waals surface area contributed by atoms with Crippen molar-refractivity contribution in [3.05, 3.63) is 65.5 Å². The Morgan fingerprint density at radius 1 is 1.03 bits per heavy atom. The molecule has 0 aliphatic carbocycles. The molecule has 0 bridgehead atoms. The number of carbonyl (C=O) groups excluding carboxylic acids is 1. The molecule has 0 atom stereocenters. The van der Waals surface area contributed by atoms with Crippen molar-refractivity contribution in [3.63, 3.8) is 0 Å². The largest absolute Gasteiger partial charge is 0.378 e. The van der Waals surface area contributed by atoms with Crippen LogP contribution < -0.4 is 10.2 Å². The zero-order valence-electron chi connectivity index (χ0n) is 16.5. The van der Waals surface area contributed by atoms with Gasteiger partial charge in [0.1, 0.15) is 0 Å². The number of hydrogen-bond donors (Lipinski definition) is 1. The molecule has 3 aromatic rings. The summed E-state index contributed by atoms with van der Waals surface area (Å²) in [6.07, 6.45) is 1.13. The number of anilines is 2. The first-order valence-electron chi connectivity index (χ1n) is 9.56. The fourth-order valence-corrected chi connectivity index (χ4v) is 5.37. The summed E-state index contributed by atoms with van der Waals surface area (Å²) in [6.45, 7) is 2.82. The number of carbonyl (C=O) groups is 1. The van der Waals surface area contributed by atoms with Crippen LogP contribution in [0.5, 0.6) is 0 Å². The van der Waals surface area contributed by atoms with Crippen LogP contribution in [0.2, 0.25) is 0 Å². The minimum absolute atomic E-state index is 0.103. The first-order valence-corrected chi connectivity index (χ1v) is 12.3. The van der Waals surface area contributed by atoms with Crippen LogP contribution in [0.3, 0.4) is 0 Å². The average molecular weight is 443 g/mol. The molecule has 0 saturated carbocycles. The number of hydrogen-bond acceptors (Lipinski definition) is 6. The smallest absolute Gasteiger partial charge is 0.265 e. The zero-order valence-corrected chi connectivity index (χ0v) is 18.1. The molecule has 30 heavy (non-hydrogen) atoms. The van der Waals surface area contributed by atoms with Gasteiger partial charge >= 0.3 is 0 Å². The van der Waals surface area contributed by atoms with Crippen LogP contribution in [-0.4, -0.2) is 46.9 Å². The lowest BCUT2D eigenvalue weighted by Gasteiger charge is -2.28. The highest BCUT2D eigenvalue weighted by Crippen LogP contribution is 2.39. The van der Waals surface area contributed by atoms with Crippen LogP contribution in [0.15, 0.2) is 65.6 Å². The molecule has 1 N–H and O–H groups in total. The molecule has 1 saturated heterocycles. The molecular formula is C22H22N2O4S2. The summed E-state index contributed by atoms with van der Waals surface area (Å²) in [6, 6.07) is 18.3. The number of rotatable bonds is 5. The van der Waals surface area contributed by atoms with E-state index in [1.165, 1.54) is 17.4 Å². The van der Waals surface area contributed by atoms with E-state index in [4.69, 9.17) is 4.74 Å². The van der Waals surface area contributed by atoms with Gasteiger partial charge < -0.3 is 15.0 Å². The number of ether oxygens (including phenoxy) is 1. The Hall–Kier alpha value is -2.68. The normalized spacial score (nSPS) is 14.5. The zero-order chi connectivity index (χ0) is 21.1. The summed E-state index contributed by atoms with van der Waals surface area (Å²) < 4.78 is 29.6. The molecule has 1 fully saturated rings. The van der Waals surface area contributed by atoms with Crippen molar-refractivity contribution in [2.24, 2.45) is 0 Å². The minimum Gasteiger partial charge on any atom is -0.378 e.